The molecule has 0 aromatic heterocycles. The molecule has 0 heterocycles. The van der Waals surface area contributed by atoms with Crippen molar-refractivity contribution in [2.24, 2.45) is 5.73 Å². The molecular formula is C12H18N2S. The average Bonchev–Trinajstić information content (AvgIpc) is 2.17. The van der Waals surface area contributed by atoms with Gasteiger partial charge >= 0.3 is 0 Å². The molecule has 0 saturated carbocycles. The van der Waals surface area contributed by atoms with Crippen LogP contribution in [-0.4, -0.2) is 18.6 Å². The number of nitrogens with two attached hydrogens (primary N) is 1. The van der Waals surface area contributed by atoms with Crippen LogP contribution in [0.4, 0.5) is 5.69 Å². The average molecular weight is 222 g/mol. The van der Waals surface area contributed by atoms with E-state index in [9.17, 15) is 0 Å². The molecule has 0 fully saturated rings. The summed E-state index contributed by atoms with van der Waals surface area (Å²) in [4.78, 5) is 2.66. The van der Waals surface area contributed by atoms with Crippen LogP contribution in [-0.2, 0) is 0 Å². The molecule has 1 aromatic carbocycles. The van der Waals surface area contributed by atoms with Crippen molar-refractivity contribution in [1.82, 2.24) is 0 Å². The summed E-state index contributed by atoms with van der Waals surface area (Å²) in [5, 5.41) is 0. The summed E-state index contributed by atoms with van der Waals surface area (Å²) >= 11 is 5.05. The second-order valence-corrected chi connectivity index (χ2v) is 4.25. The lowest BCUT2D eigenvalue weighted by atomic mass is 10.1. The Morgan fingerprint density at radius 1 is 1.47 bits per heavy atom. The summed E-state index contributed by atoms with van der Waals surface area (Å²) in [6.07, 6.45) is 1.11. The molecule has 0 saturated heterocycles. The van der Waals surface area contributed by atoms with Crippen LogP contribution < -0.4 is 10.6 Å². The van der Waals surface area contributed by atoms with Gasteiger partial charge in [-0.25, -0.2) is 0 Å². The molecule has 0 bridgehead atoms. The van der Waals surface area contributed by atoms with E-state index in [1.54, 1.807) is 0 Å². The molecule has 15 heavy (non-hydrogen) atoms. The van der Waals surface area contributed by atoms with Crippen molar-refractivity contribution in [2.75, 3.05) is 18.5 Å². The first-order valence-corrected chi connectivity index (χ1v) is 5.58. The predicted octanol–water partition coefficient (Wildman–Crippen LogP) is 2.48. The normalized spacial score (nSPS) is 10.1. The third-order valence-corrected chi connectivity index (χ3v) is 2.61. The first kappa shape index (κ1) is 12.0. The number of aryl methyl sites for hydroxylation is 1. The minimum atomic E-state index is 0.466. The van der Waals surface area contributed by atoms with Gasteiger partial charge in [-0.3, -0.25) is 0 Å². The summed E-state index contributed by atoms with van der Waals surface area (Å²) in [7, 11) is 2.07. The second kappa shape index (κ2) is 5.12. The summed E-state index contributed by atoms with van der Waals surface area (Å²) in [6.45, 7) is 5.25. The van der Waals surface area contributed by atoms with E-state index in [0.717, 1.165) is 24.2 Å². The fraction of sp³-hybridized carbons (Fsp3) is 0.417. The van der Waals surface area contributed by atoms with Crippen LogP contribution in [0.5, 0.6) is 0 Å². The highest BCUT2D eigenvalue weighted by molar-refractivity contribution is 7.80. The summed E-state index contributed by atoms with van der Waals surface area (Å²) < 4.78 is 0. The Hall–Kier alpha value is -1.09. The minimum Gasteiger partial charge on any atom is -0.389 e. The van der Waals surface area contributed by atoms with E-state index in [1.807, 2.05) is 12.1 Å². The van der Waals surface area contributed by atoms with Crippen LogP contribution in [0.1, 0.15) is 24.5 Å². The SMILES string of the molecule is CCCN(C)c1cc(C)ccc1C(N)=S. The molecule has 1 aromatic rings. The Kier molecular flexibility index (Phi) is 4.09. The first-order chi connectivity index (χ1) is 7.06. The van der Waals surface area contributed by atoms with Crippen molar-refractivity contribution in [1.29, 1.82) is 0 Å². The topological polar surface area (TPSA) is 29.3 Å². The Balaban J connectivity index is 3.12. The van der Waals surface area contributed by atoms with Crippen molar-refractivity contribution < 1.29 is 0 Å². The fourth-order valence-corrected chi connectivity index (χ4v) is 1.79. The van der Waals surface area contributed by atoms with Gasteiger partial charge in [0.25, 0.3) is 0 Å². The third kappa shape index (κ3) is 2.93. The van der Waals surface area contributed by atoms with E-state index in [4.69, 9.17) is 18.0 Å². The van der Waals surface area contributed by atoms with Crippen molar-refractivity contribution in [2.45, 2.75) is 20.3 Å². The predicted molar refractivity (Wildman–Crippen MR) is 70.6 cm³/mol. The maximum Gasteiger partial charge on any atom is 0.106 e. The van der Waals surface area contributed by atoms with Crippen LogP contribution in [0.15, 0.2) is 18.2 Å². The van der Waals surface area contributed by atoms with E-state index in [1.165, 1.54) is 5.56 Å². The monoisotopic (exact) mass is 222 g/mol. The lowest BCUT2D eigenvalue weighted by Crippen LogP contribution is -2.22. The Labute approximate surface area is 97.1 Å². The molecule has 82 valence electrons. The van der Waals surface area contributed by atoms with E-state index < -0.39 is 0 Å². The van der Waals surface area contributed by atoms with Gasteiger partial charge in [0, 0.05) is 24.8 Å². The van der Waals surface area contributed by atoms with E-state index in [2.05, 4.69) is 31.9 Å². The zero-order chi connectivity index (χ0) is 11.4. The number of hydrogen-bond acceptors (Lipinski definition) is 2. The van der Waals surface area contributed by atoms with E-state index in [-0.39, 0.29) is 0 Å². The number of thiocarbonyl (C=S) groups is 1. The zero-order valence-electron chi connectivity index (χ0n) is 9.58. The van der Waals surface area contributed by atoms with Crippen molar-refractivity contribution >= 4 is 22.9 Å². The third-order valence-electron chi connectivity index (χ3n) is 2.39. The van der Waals surface area contributed by atoms with Gasteiger partial charge in [-0.2, -0.15) is 0 Å². The van der Waals surface area contributed by atoms with Gasteiger partial charge in [-0.1, -0.05) is 25.2 Å². The van der Waals surface area contributed by atoms with Gasteiger partial charge in [0.05, 0.1) is 0 Å². The van der Waals surface area contributed by atoms with Crippen LogP contribution >= 0.6 is 12.2 Å². The lowest BCUT2D eigenvalue weighted by Gasteiger charge is -2.22. The van der Waals surface area contributed by atoms with Gasteiger partial charge in [-0.05, 0) is 31.0 Å². The number of benzene rings is 1. The molecule has 0 radical (unpaired) electrons. The Morgan fingerprint density at radius 3 is 2.67 bits per heavy atom. The Bertz CT molecular complexity index is 361. The molecule has 0 aliphatic carbocycles. The Morgan fingerprint density at radius 2 is 2.13 bits per heavy atom. The molecule has 0 aliphatic heterocycles. The molecule has 0 atom stereocenters. The smallest absolute Gasteiger partial charge is 0.106 e. The zero-order valence-corrected chi connectivity index (χ0v) is 10.4. The molecule has 0 spiro atoms. The van der Waals surface area contributed by atoms with Gasteiger partial charge in [0.1, 0.15) is 4.99 Å². The summed E-state index contributed by atoms with van der Waals surface area (Å²) in [5.74, 6) is 0. The van der Waals surface area contributed by atoms with Crippen LogP contribution in [0.3, 0.4) is 0 Å². The van der Waals surface area contributed by atoms with Crippen LogP contribution in [0, 0.1) is 6.92 Å². The van der Waals surface area contributed by atoms with Crippen molar-refractivity contribution in [3.63, 3.8) is 0 Å². The molecule has 2 N–H and O–H groups in total. The molecule has 0 aliphatic rings. The lowest BCUT2D eigenvalue weighted by molar-refractivity contribution is 0.851. The quantitative estimate of drug-likeness (QED) is 0.794. The highest BCUT2D eigenvalue weighted by atomic mass is 32.1. The molecular weight excluding hydrogens is 204 g/mol. The van der Waals surface area contributed by atoms with Crippen LogP contribution in [0.2, 0.25) is 0 Å². The molecule has 2 nitrogen and oxygen atoms in total. The molecule has 3 heteroatoms. The van der Waals surface area contributed by atoms with Gasteiger partial charge in [0.2, 0.25) is 0 Å². The maximum atomic E-state index is 5.70. The van der Waals surface area contributed by atoms with Gasteiger partial charge in [-0.15, -0.1) is 0 Å². The summed E-state index contributed by atoms with van der Waals surface area (Å²) in [6, 6.07) is 6.17. The van der Waals surface area contributed by atoms with Gasteiger partial charge < -0.3 is 10.6 Å². The number of hydrogen-bond donors (Lipinski definition) is 1. The van der Waals surface area contributed by atoms with Crippen LogP contribution in [0.25, 0.3) is 0 Å². The highest BCUT2D eigenvalue weighted by Gasteiger charge is 2.08. The molecule has 1 rings (SSSR count). The number of rotatable bonds is 4. The van der Waals surface area contributed by atoms with Crippen molar-refractivity contribution in [3.8, 4) is 0 Å². The number of nitrogens with zero attached hydrogens (tertiary/aromatic N) is 1. The van der Waals surface area contributed by atoms with Crippen molar-refractivity contribution in [3.05, 3.63) is 29.3 Å². The van der Waals surface area contributed by atoms with Gasteiger partial charge in [0.15, 0.2) is 0 Å². The summed E-state index contributed by atoms with van der Waals surface area (Å²) in [5.41, 5.74) is 9.03. The standard InChI is InChI=1S/C12H18N2S/c1-4-7-14(3)11-8-9(2)5-6-10(11)12(13)15/h5-6,8H,4,7H2,1-3H3,(H2,13,15). The highest BCUT2D eigenvalue weighted by Crippen LogP contribution is 2.21. The fourth-order valence-electron chi connectivity index (χ4n) is 1.62. The first-order valence-electron chi connectivity index (χ1n) is 5.17. The minimum absolute atomic E-state index is 0.466. The molecule has 0 amide bonds. The second-order valence-electron chi connectivity index (χ2n) is 3.81. The van der Waals surface area contributed by atoms with E-state index >= 15 is 0 Å². The van der Waals surface area contributed by atoms with E-state index in [0.29, 0.717) is 4.99 Å². The largest absolute Gasteiger partial charge is 0.389 e. The molecule has 0 unspecified atom stereocenters. The maximum absolute atomic E-state index is 5.70. The number of anilines is 1.